The summed E-state index contributed by atoms with van der Waals surface area (Å²) in [4.78, 5) is 4.87. The zero-order valence-electron chi connectivity index (χ0n) is 57.4. The molecule has 0 N–H and O–H groups in total. The van der Waals surface area contributed by atoms with Crippen molar-refractivity contribution in [1.82, 2.24) is 0 Å². The van der Waals surface area contributed by atoms with Crippen LogP contribution in [0.1, 0.15) is 271 Å². The normalized spacial score (nSPS) is 13.2. The number of anilines is 6. The Morgan fingerprint density at radius 3 is 0.954 bits per heavy atom. The predicted octanol–water partition coefficient (Wildman–Crippen LogP) is 27.2. The lowest BCUT2D eigenvalue weighted by Gasteiger charge is -2.34. The number of hydrogen-bond acceptors (Lipinski definition) is 2. The molecule has 0 fully saturated rings. The van der Waals surface area contributed by atoms with Crippen molar-refractivity contribution in [2.24, 2.45) is 10.8 Å². The minimum atomic E-state index is 0.0375. The van der Waals surface area contributed by atoms with Gasteiger partial charge in [-0.25, -0.2) is 0 Å². The maximum atomic E-state index is 2.63. The molecule has 87 heavy (non-hydrogen) atoms. The van der Waals surface area contributed by atoms with Gasteiger partial charge in [0.25, 0.3) is 0 Å². The van der Waals surface area contributed by atoms with E-state index < -0.39 is 0 Å². The van der Waals surface area contributed by atoms with Gasteiger partial charge < -0.3 is 9.80 Å². The van der Waals surface area contributed by atoms with Crippen LogP contribution in [0.5, 0.6) is 0 Å². The lowest BCUT2D eigenvalue weighted by Crippen LogP contribution is -2.25. The molecule has 0 bridgehead atoms. The van der Waals surface area contributed by atoms with Crippen molar-refractivity contribution in [3.8, 4) is 22.3 Å². The Kier molecular flexibility index (Phi) is 23.6. The van der Waals surface area contributed by atoms with Crippen LogP contribution in [-0.4, -0.2) is 0 Å². The van der Waals surface area contributed by atoms with Crippen molar-refractivity contribution in [3.05, 3.63) is 191 Å². The number of hydrogen-bond donors (Lipinski definition) is 0. The van der Waals surface area contributed by atoms with Crippen LogP contribution in [0, 0.1) is 24.7 Å². The Labute approximate surface area is 532 Å². The van der Waals surface area contributed by atoms with Crippen LogP contribution in [0.2, 0.25) is 0 Å². The van der Waals surface area contributed by atoms with E-state index >= 15 is 0 Å². The maximum absolute atomic E-state index is 2.63. The molecule has 7 aromatic carbocycles. The van der Waals surface area contributed by atoms with E-state index in [0.29, 0.717) is 0 Å². The maximum Gasteiger partial charge on any atom is 0.0463 e. The SMILES string of the molecule is CCCCCCCCCCCCC1(CCCCCCCCCCCC)c2cc(C)ccc2-c2ccc(-c3ccc(N(c4ccc(C)cc4)c4ccc(N(c5ccc(C(C)(C)CC(C)(C)C)cc5)c5ccc(C(C)(C)CC(C)(C)C)cc5)cc4)cc3)cc21. The Morgan fingerprint density at radius 1 is 0.299 bits per heavy atom. The van der Waals surface area contributed by atoms with Gasteiger partial charge in [0.1, 0.15) is 0 Å². The number of fused-ring (bicyclic) bond motifs is 3. The third kappa shape index (κ3) is 18.2. The highest BCUT2D eigenvalue weighted by atomic mass is 15.2. The molecule has 8 rings (SSSR count). The molecule has 466 valence electrons. The van der Waals surface area contributed by atoms with Crippen molar-refractivity contribution in [2.45, 2.75) is 267 Å². The molecule has 0 aromatic heterocycles. The van der Waals surface area contributed by atoms with Crippen molar-refractivity contribution in [3.63, 3.8) is 0 Å². The minimum Gasteiger partial charge on any atom is -0.311 e. The topological polar surface area (TPSA) is 6.48 Å². The van der Waals surface area contributed by atoms with Crippen LogP contribution < -0.4 is 9.80 Å². The molecule has 0 spiro atoms. The van der Waals surface area contributed by atoms with E-state index in [1.54, 1.807) is 11.1 Å². The first-order valence-electron chi connectivity index (χ1n) is 35.0. The van der Waals surface area contributed by atoms with Gasteiger partial charge in [-0.05, 0) is 185 Å². The summed E-state index contributed by atoms with van der Waals surface area (Å²) in [5, 5.41) is 0. The Hall–Kier alpha value is -5.86. The first kappa shape index (κ1) is 67.1. The molecule has 0 saturated heterocycles. The van der Waals surface area contributed by atoms with Gasteiger partial charge in [-0.3, -0.25) is 0 Å². The molecule has 0 radical (unpaired) electrons. The van der Waals surface area contributed by atoms with E-state index in [2.05, 4.69) is 264 Å². The third-order valence-electron chi connectivity index (χ3n) is 19.3. The Bertz CT molecular complexity index is 3080. The van der Waals surface area contributed by atoms with Crippen molar-refractivity contribution >= 4 is 34.1 Å². The summed E-state index contributed by atoms with van der Waals surface area (Å²) in [5.41, 5.74) is 21.6. The van der Waals surface area contributed by atoms with E-state index in [4.69, 9.17) is 0 Å². The third-order valence-corrected chi connectivity index (χ3v) is 19.3. The fourth-order valence-electron chi connectivity index (χ4n) is 15.4. The first-order valence-corrected chi connectivity index (χ1v) is 35.0. The van der Waals surface area contributed by atoms with Crippen LogP contribution in [0.15, 0.2) is 158 Å². The highest BCUT2D eigenvalue weighted by Gasteiger charge is 2.42. The molecule has 1 aliphatic carbocycles. The van der Waals surface area contributed by atoms with Crippen LogP contribution in [0.25, 0.3) is 22.3 Å². The highest BCUT2D eigenvalue weighted by Crippen LogP contribution is 2.56. The van der Waals surface area contributed by atoms with Crippen LogP contribution in [0.3, 0.4) is 0 Å². The lowest BCUT2D eigenvalue weighted by molar-refractivity contribution is 0.283. The summed E-state index contributed by atoms with van der Waals surface area (Å²) in [6.07, 6.45) is 32.1. The van der Waals surface area contributed by atoms with Crippen LogP contribution >= 0.6 is 0 Å². The Balaban J connectivity index is 1.10. The summed E-state index contributed by atoms with van der Waals surface area (Å²) in [5.74, 6) is 0. The van der Waals surface area contributed by atoms with E-state index in [0.717, 1.165) is 47.0 Å². The molecule has 1 aliphatic rings. The van der Waals surface area contributed by atoms with E-state index in [9.17, 15) is 0 Å². The second kappa shape index (κ2) is 30.6. The number of aryl methyl sites for hydroxylation is 2. The second-order valence-corrected chi connectivity index (χ2v) is 30.7. The van der Waals surface area contributed by atoms with Crippen molar-refractivity contribution in [1.29, 1.82) is 0 Å². The second-order valence-electron chi connectivity index (χ2n) is 30.7. The van der Waals surface area contributed by atoms with E-state index in [-0.39, 0.29) is 27.1 Å². The number of rotatable bonds is 33. The lowest BCUT2D eigenvalue weighted by atomic mass is 9.70. The zero-order valence-corrected chi connectivity index (χ0v) is 57.4. The molecule has 0 atom stereocenters. The number of nitrogens with zero attached hydrogens (tertiary/aromatic N) is 2. The summed E-state index contributed by atoms with van der Waals surface area (Å²) in [6.45, 7) is 32.8. The molecular formula is C85H116N2. The average Bonchev–Trinajstić information content (AvgIpc) is 1.61. The van der Waals surface area contributed by atoms with Gasteiger partial charge in [0.05, 0.1) is 0 Å². The zero-order chi connectivity index (χ0) is 62.2. The molecule has 0 unspecified atom stereocenters. The van der Waals surface area contributed by atoms with Crippen molar-refractivity contribution < 1.29 is 0 Å². The molecule has 0 aliphatic heterocycles. The average molecular weight is 1170 g/mol. The van der Waals surface area contributed by atoms with Gasteiger partial charge in [-0.1, -0.05) is 301 Å². The van der Waals surface area contributed by atoms with E-state index in [1.807, 2.05) is 0 Å². The predicted molar refractivity (Wildman–Crippen MR) is 384 cm³/mol. The molecule has 0 heterocycles. The highest BCUT2D eigenvalue weighted by molar-refractivity contribution is 5.86. The first-order chi connectivity index (χ1) is 41.6. The summed E-state index contributed by atoms with van der Waals surface area (Å²) in [6, 6.07) is 61.5. The molecular weight excluding hydrogens is 1050 g/mol. The monoisotopic (exact) mass is 1160 g/mol. The Morgan fingerprint density at radius 2 is 0.586 bits per heavy atom. The molecule has 0 amide bonds. The van der Waals surface area contributed by atoms with E-state index in [1.165, 1.54) is 186 Å². The van der Waals surface area contributed by atoms with Crippen LogP contribution in [0.4, 0.5) is 34.1 Å². The number of benzene rings is 7. The summed E-state index contributed by atoms with van der Waals surface area (Å²) >= 11 is 0. The summed E-state index contributed by atoms with van der Waals surface area (Å²) < 4.78 is 0. The van der Waals surface area contributed by atoms with Crippen LogP contribution in [-0.2, 0) is 16.2 Å². The standard InChI is InChI=1S/C85H116N2/c1-15-17-19-21-23-25-27-29-31-33-59-85(60-34-32-30-28-26-24-22-20-18-16-2)79-61-66(4)37-57-77(79)78-58-40-68(62-80(78)85)67-38-47-72(48-39-67)86(71-45-35-65(3)36-46-71)75-53-55-76(56-54-75)87(73-49-41-69(42-50-73)83(11,12)63-81(5,6)7)74-51-43-70(44-52-74)84(13,14)64-82(8,9)10/h35-58,61-62H,15-34,59-60,63-64H2,1-14H3. The largest absolute Gasteiger partial charge is 0.311 e. The molecule has 7 aromatic rings. The van der Waals surface area contributed by atoms with Gasteiger partial charge in [0.15, 0.2) is 0 Å². The smallest absolute Gasteiger partial charge is 0.0463 e. The minimum absolute atomic E-state index is 0.0375. The van der Waals surface area contributed by atoms with Gasteiger partial charge in [-0.15, -0.1) is 0 Å². The van der Waals surface area contributed by atoms with Gasteiger partial charge in [0, 0.05) is 39.5 Å². The molecule has 2 nitrogen and oxygen atoms in total. The fraction of sp³-hybridized carbons (Fsp3) is 0.506. The van der Waals surface area contributed by atoms with Gasteiger partial charge in [0.2, 0.25) is 0 Å². The number of unbranched alkanes of at least 4 members (excludes halogenated alkanes) is 18. The molecule has 0 saturated carbocycles. The summed E-state index contributed by atoms with van der Waals surface area (Å²) in [7, 11) is 0. The fourth-order valence-corrected chi connectivity index (χ4v) is 15.4. The van der Waals surface area contributed by atoms with Crippen molar-refractivity contribution in [2.75, 3.05) is 9.80 Å². The quantitative estimate of drug-likeness (QED) is 0.0378. The van der Waals surface area contributed by atoms with Gasteiger partial charge >= 0.3 is 0 Å². The van der Waals surface area contributed by atoms with Gasteiger partial charge in [-0.2, -0.15) is 0 Å². The molecule has 2 heteroatoms.